The summed E-state index contributed by atoms with van der Waals surface area (Å²) in [6.07, 6.45) is 0. The minimum atomic E-state index is -0.427. The Morgan fingerprint density at radius 2 is 1.53 bits per heavy atom. The van der Waals surface area contributed by atoms with Crippen molar-refractivity contribution in [2.24, 2.45) is 0 Å². The van der Waals surface area contributed by atoms with Crippen LogP contribution in [-0.4, -0.2) is 23.3 Å². The number of carbonyl (C=O) groups excluding carboxylic acids is 2. The van der Waals surface area contributed by atoms with Gasteiger partial charge in [0.1, 0.15) is 17.3 Å². The molecule has 32 heavy (non-hydrogen) atoms. The molecule has 2 amide bonds. The third-order valence-corrected chi connectivity index (χ3v) is 5.20. The van der Waals surface area contributed by atoms with Crippen molar-refractivity contribution >= 4 is 23.1 Å². The van der Waals surface area contributed by atoms with Gasteiger partial charge in [-0.1, -0.05) is 42.0 Å². The highest BCUT2D eigenvalue weighted by Crippen LogP contribution is 2.32. The Kier molecular flexibility index (Phi) is 6.03. The Balaban J connectivity index is 1.68. The first-order chi connectivity index (χ1) is 15.5. The maximum atomic E-state index is 13.5. The van der Waals surface area contributed by atoms with Crippen molar-refractivity contribution in [2.45, 2.75) is 20.4 Å². The van der Waals surface area contributed by atoms with E-state index in [1.54, 1.807) is 24.3 Å². The molecule has 0 saturated heterocycles. The van der Waals surface area contributed by atoms with Gasteiger partial charge in [0, 0.05) is 5.69 Å². The smallest absolute Gasteiger partial charge is 0.278 e. The third-order valence-electron chi connectivity index (χ3n) is 5.20. The Morgan fingerprint density at radius 1 is 0.875 bits per heavy atom. The van der Waals surface area contributed by atoms with Crippen molar-refractivity contribution in [3.8, 4) is 5.75 Å². The van der Waals surface area contributed by atoms with Gasteiger partial charge in [-0.05, 0) is 61.4 Å². The van der Waals surface area contributed by atoms with E-state index < -0.39 is 17.6 Å². The fraction of sp³-hybridized carbons (Fsp3) is 0.154. The van der Waals surface area contributed by atoms with Gasteiger partial charge in [-0.3, -0.25) is 14.5 Å². The van der Waals surface area contributed by atoms with Crippen molar-refractivity contribution in [3.63, 3.8) is 0 Å². The number of halogens is 1. The highest BCUT2D eigenvalue weighted by Gasteiger charge is 2.39. The topological polar surface area (TPSA) is 58.6 Å². The first-order valence-electron chi connectivity index (χ1n) is 10.4. The van der Waals surface area contributed by atoms with Gasteiger partial charge in [0.15, 0.2) is 0 Å². The number of imide groups is 1. The number of hydrogen-bond acceptors (Lipinski definition) is 4. The minimum absolute atomic E-state index is 0.150. The Bertz CT molecular complexity index is 1170. The fourth-order valence-electron chi connectivity index (χ4n) is 3.54. The van der Waals surface area contributed by atoms with E-state index in [4.69, 9.17) is 4.74 Å². The van der Waals surface area contributed by atoms with Crippen LogP contribution in [0, 0.1) is 12.7 Å². The zero-order valence-electron chi connectivity index (χ0n) is 17.9. The number of nitrogens with one attached hydrogen (secondary N) is 1. The maximum Gasteiger partial charge on any atom is 0.278 e. The summed E-state index contributed by atoms with van der Waals surface area (Å²) in [6, 6.07) is 20.4. The Morgan fingerprint density at radius 3 is 2.16 bits per heavy atom. The van der Waals surface area contributed by atoms with Crippen LogP contribution in [0.1, 0.15) is 23.6 Å². The molecule has 0 bridgehead atoms. The average molecular weight is 430 g/mol. The molecule has 1 heterocycles. The zero-order valence-corrected chi connectivity index (χ0v) is 17.9. The molecular weight excluding hydrogens is 407 g/mol. The minimum Gasteiger partial charge on any atom is -0.494 e. The van der Waals surface area contributed by atoms with E-state index in [1.165, 1.54) is 29.2 Å². The molecule has 0 aliphatic carbocycles. The molecule has 0 saturated carbocycles. The second-order valence-corrected chi connectivity index (χ2v) is 7.52. The lowest BCUT2D eigenvalue weighted by atomic mass is 10.0. The maximum absolute atomic E-state index is 13.5. The number of aryl methyl sites for hydroxylation is 1. The molecule has 3 aromatic carbocycles. The van der Waals surface area contributed by atoms with Gasteiger partial charge in [0.05, 0.1) is 18.7 Å². The number of rotatable bonds is 7. The molecule has 1 N–H and O–H groups in total. The van der Waals surface area contributed by atoms with Crippen LogP contribution in [0.4, 0.5) is 10.1 Å². The number of nitrogens with zero attached hydrogens (tertiary/aromatic N) is 1. The van der Waals surface area contributed by atoms with Crippen LogP contribution in [0.5, 0.6) is 5.75 Å². The summed E-state index contributed by atoms with van der Waals surface area (Å²) in [6.45, 7) is 4.57. The van der Waals surface area contributed by atoms with Gasteiger partial charge in [0.2, 0.25) is 0 Å². The van der Waals surface area contributed by atoms with Crippen molar-refractivity contribution in [1.82, 2.24) is 4.90 Å². The molecule has 0 aromatic heterocycles. The second-order valence-electron chi connectivity index (χ2n) is 7.52. The van der Waals surface area contributed by atoms with Crippen molar-refractivity contribution in [3.05, 3.63) is 101 Å². The van der Waals surface area contributed by atoms with Crippen LogP contribution in [0.2, 0.25) is 0 Å². The summed E-state index contributed by atoms with van der Waals surface area (Å²) in [7, 11) is 0. The predicted molar refractivity (Wildman–Crippen MR) is 121 cm³/mol. The van der Waals surface area contributed by atoms with E-state index in [2.05, 4.69) is 5.32 Å². The lowest BCUT2D eigenvalue weighted by Gasteiger charge is -2.15. The van der Waals surface area contributed by atoms with Gasteiger partial charge in [0.25, 0.3) is 11.8 Å². The number of benzene rings is 3. The lowest BCUT2D eigenvalue weighted by molar-refractivity contribution is -0.137. The van der Waals surface area contributed by atoms with Gasteiger partial charge >= 0.3 is 0 Å². The summed E-state index contributed by atoms with van der Waals surface area (Å²) in [5.41, 5.74) is 3.44. The van der Waals surface area contributed by atoms with Crippen LogP contribution < -0.4 is 10.1 Å². The van der Waals surface area contributed by atoms with Gasteiger partial charge < -0.3 is 10.1 Å². The Hall–Kier alpha value is -3.93. The van der Waals surface area contributed by atoms with E-state index in [1.807, 2.05) is 38.1 Å². The third kappa shape index (κ3) is 4.39. The molecule has 0 unspecified atom stereocenters. The molecule has 0 spiro atoms. The highest BCUT2D eigenvalue weighted by atomic mass is 19.1. The quantitative estimate of drug-likeness (QED) is 0.541. The summed E-state index contributed by atoms with van der Waals surface area (Å²) in [4.78, 5) is 27.8. The summed E-state index contributed by atoms with van der Waals surface area (Å²) < 4.78 is 18.9. The van der Waals surface area contributed by atoms with E-state index >= 15 is 0 Å². The second kappa shape index (κ2) is 9.06. The number of anilines is 1. The highest BCUT2D eigenvalue weighted by molar-refractivity contribution is 6.36. The van der Waals surface area contributed by atoms with Crippen LogP contribution >= 0.6 is 0 Å². The van der Waals surface area contributed by atoms with Crippen molar-refractivity contribution < 1.29 is 18.7 Å². The Labute approximate surface area is 186 Å². The molecule has 1 aliphatic heterocycles. The van der Waals surface area contributed by atoms with Crippen LogP contribution in [0.3, 0.4) is 0 Å². The molecule has 6 heteroatoms. The normalized spacial score (nSPS) is 13.7. The number of amides is 2. The monoisotopic (exact) mass is 430 g/mol. The molecule has 0 fully saturated rings. The first-order valence-corrected chi connectivity index (χ1v) is 10.4. The van der Waals surface area contributed by atoms with Gasteiger partial charge in [-0.2, -0.15) is 0 Å². The van der Waals surface area contributed by atoms with E-state index in [9.17, 15) is 14.0 Å². The fourth-order valence-corrected chi connectivity index (χ4v) is 3.54. The van der Waals surface area contributed by atoms with E-state index in [-0.39, 0.29) is 17.8 Å². The average Bonchev–Trinajstić information content (AvgIpc) is 3.01. The molecule has 5 nitrogen and oxygen atoms in total. The molecule has 0 atom stereocenters. The number of ether oxygens (including phenoxy) is 1. The van der Waals surface area contributed by atoms with E-state index in [0.717, 1.165) is 11.1 Å². The molecular formula is C26H23FN2O3. The van der Waals surface area contributed by atoms with Crippen LogP contribution in [-0.2, 0) is 16.1 Å². The molecule has 162 valence electrons. The zero-order chi connectivity index (χ0) is 22.7. The number of carbonyl (C=O) groups is 2. The largest absolute Gasteiger partial charge is 0.494 e. The van der Waals surface area contributed by atoms with Gasteiger partial charge in [-0.15, -0.1) is 0 Å². The predicted octanol–water partition coefficient (Wildman–Crippen LogP) is 4.93. The SMILES string of the molecule is CCOc1ccc(NC2=C(c3ccc(F)cc3)C(=O)N(Cc3ccc(C)cc3)C2=O)cc1. The standard InChI is InChI=1S/C26H23FN2O3/c1-3-32-22-14-12-21(13-15-22)28-24-23(19-8-10-20(27)11-9-19)25(30)29(26(24)31)16-18-6-4-17(2)5-7-18/h4-15,28H,3,16H2,1-2H3. The number of hydrogen-bond donors (Lipinski definition) is 1. The molecule has 0 radical (unpaired) electrons. The molecule has 4 rings (SSSR count). The molecule has 3 aromatic rings. The molecule has 1 aliphatic rings. The van der Waals surface area contributed by atoms with Crippen molar-refractivity contribution in [2.75, 3.05) is 11.9 Å². The van der Waals surface area contributed by atoms with Crippen LogP contribution in [0.25, 0.3) is 5.57 Å². The lowest BCUT2D eigenvalue weighted by Crippen LogP contribution is -2.32. The van der Waals surface area contributed by atoms with E-state index in [0.29, 0.717) is 23.6 Å². The van der Waals surface area contributed by atoms with Crippen molar-refractivity contribution in [1.29, 1.82) is 0 Å². The summed E-state index contributed by atoms with van der Waals surface area (Å²) in [5, 5.41) is 3.10. The summed E-state index contributed by atoms with van der Waals surface area (Å²) in [5.74, 6) is -0.552. The first kappa shape index (κ1) is 21.3. The van der Waals surface area contributed by atoms with Crippen LogP contribution in [0.15, 0.2) is 78.5 Å². The summed E-state index contributed by atoms with van der Waals surface area (Å²) >= 11 is 0. The van der Waals surface area contributed by atoms with Gasteiger partial charge in [-0.25, -0.2) is 4.39 Å².